The van der Waals surface area contributed by atoms with Crippen molar-refractivity contribution in [2.45, 2.75) is 20.0 Å². The number of carbonyl (C=O) groups excluding carboxylic acids is 1. The molecule has 142 valence electrons. The fourth-order valence-electron chi connectivity index (χ4n) is 2.99. The first-order valence-corrected chi connectivity index (χ1v) is 8.35. The molecule has 3 heterocycles. The molecule has 0 fully saturated rings. The number of amides is 1. The molecule has 0 atom stereocenters. The minimum atomic E-state index is -0.631. The van der Waals surface area contributed by atoms with E-state index >= 15 is 0 Å². The van der Waals surface area contributed by atoms with Crippen LogP contribution in [-0.4, -0.2) is 30.1 Å². The van der Waals surface area contributed by atoms with Gasteiger partial charge in [0, 0.05) is 18.3 Å². The van der Waals surface area contributed by atoms with Crippen molar-refractivity contribution in [3.05, 3.63) is 69.9 Å². The summed E-state index contributed by atoms with van der Waals surface area (Å²) in [6.07, 6.45) is 1.56. The molecule has 1 amide bonds. The number of fused-ring (bicyclic) bond motifs is 3. The zero-order valence-corrected chi connectivity index (χ0v) is 14.7. The molecule has 0 spiro atoms. The van der Waals surface area contributed by atoms with E-state index in [0.29, 0.717) is 17.0 Å². The Morgan fingerprint density at radius 1 is 1.18 bits per heavy atom. The van der Waals surface area contributed by atoms with Gasteiger partial charge >= 0.3 is 0 Å². The predicted octanol–water partition coefficient (Wildman–Crippen LogP) is 1.34. The quantitative estimate of drug-likeness (QED) is 0.573. The molecule has 0 aliphatic rings. The first-order valence-electron chi connectivity index (χ1n) is 8.35. The van der Waals surface area contributed by atoms with Crippen LogP contribution in [0.25, 0.3) is 16.8 Å². The van der Waals surface area contributed by atoms with Crippen molar-refractivity contribution < 1.29 is 13.6 Å². The first kappa shape index (κ1) is 17.7. The highest BCUT2D eigenvalue weighted by molar-refractivity contribution is 5.80. The maximum Gasteiger partial charge on any atom is 0.297 e. The monoisotopic (exact) mass is 384 g/mol. The lowest BCUT2D eigenvalue weighted by atomic mass is 10.2. The molecule has 0 unspecified atom stereocenters. The topological polar surface area (TPSA) is 94.2 Å². The molecule has 4 rings (SSSR count). The zero-order valence-electron chi connectivity index (χ0n) is 14.7. The van der Waals surface area contributed by atoms with Gasteiger partial charge in [-0.25, -0.2) is 13.8 Å². The Balaban J connectivity index is 1.67. The summed E-state index contributed by atoms with van der Waals surface area (Å²) in [6, 6.07) is 6.29. The number of pyridine rings is 1. The van der Waals surface area contributed by atoms with E-state index in [1.807, 2.05) is 0 Å². The number of rotatable bonds is 4. The maximum atomic E-state index is 13.7. The molecule has 1 aromatic carbocycles. The third-order valence-corrected chi connectivity index (χ3v) is 4.32. The zero-order chi connectivity index (χ0) is 19.8. The van der Waals surface area contributed by atoms with Crippen LogP contribution < -0.4 is 10.9 Å². The van der Waals surface area contributed by atoms with Crippen LogP contribution in [0.3, 0.4) is 0 Å². The van der Waals surface area contributed by atoms with Crippen molar-refractivity contribution in [3.8, 4) is 0 Å². The SMILES string of the molecule is Cc1nnc2c(=O)n(CC(=O)NCc3cc(F)ccc3F)c3cccnc3n12. The molecule has 3 aromatic heterocycles. The van der Waals surface area contributed by atoms with E-state index < -0.39 is 23.1 Å². The van der Waals surface area contributed by atoms with Crippen molar-refractivity contribution in [2.75, 3.05) is 0 Å². The lowest BCUT2D eigenvalue weighted by molar-refractivity contribution is -0.121. The molecule has 0 aliphatic carbocycles. The highest BCUT2D eigenvalue weighted by Crippen LogP contribution is 2.13. The predicted molar refractivity (Wildman–Crippen MR) is 95.5 cm³/mol. The molecule has 0 saturated carbocycles. The summed E-state index contributed by atoms with van der Waals surface area (Å²) < 4.78 is 29.7. The van der Waals surface area contributed by atoms with E-state index in [0.717, 1.165) is 18.2 Å². The Bertz CT molecular complexity index is 1280. The summed E-state index contributed by atoms with van der Waals surface area (Å²) in [7, 11) is 0. The number of hydrogen-bond donors (Lipinski definition) is 1. The summed E-state index contributed by atoms with van der Waals surface area (Å²) >= 11 is 0. The fraction of sp³-hybridized carbons (Fsp3) is 0.167. The number of hydrogen-bond acceptors (Lipinski definition) is 5. The van der Waals surface area contributed by atoms with Crippen LogP contribution in [-0.2, 0) is 17.9 Å². The average Bonchev–Trinajstić information content (AvgIpc) is 3.08. The van der Waals surface area contributed by atoms with Crippen LogP contribution in [0.1, 0.15) is 11.4 Å². The van der Waals surface area contributed by atoms with E-state index in [1.165, 1.54) is 8.97 Å². The maximum absolute atomic E-state index is 13.7. The molecule has 0 radical (unpaired) electrons. The van der Waals surface area contributed by atoms with Crippen molar-refractivity contribution >= 4 is 22.7 Å². The van der Waals surface area contributed by atoms with Crippen LogP contribution in [0.2, 0.25) is 0 Å². The normalized spacial score (nSPS) is 11.2. The van der Waals surface area contributed by atoms with Crippen molar-refractivity contribution in [3.63, 3.8) is 0 Å². The van der Waals surface area contributed by atoms with Crippen LogP contribution >= 0.6 is 0 Å². The summed E-state index contributed by atoms with van der Waals surface area (Å²) in [5.74, 6) is -1.29. The van der Waals surface area contributed by atoms with Gasteiger partial charge in [0.15, 0.2) is 5.65 Å². The Morgan fingerprint density at radius 2 is 2.00 bits per heavy atom. The van der Waals surface area contributed by atoms with Gasteiger partial charge < -0.3 is 5.32 Å². The van der Waals surface area contributed by atoms with E-state index in [-0.39, 0.29) is 24.3 Å². The largest absolute Gasteiger partial charge is 0.350 e. The van der Waals surface area contributed by atoms with Crippen molar-refractivity contribution in [1.29, 1.82) is 0 Å². The molecule has 10 heteroatoms. The van der Waals surface area contributed by atoms with E-state index in [4.69, 9.17) is 0 Å². The Labute approximate surface area is 156 Å². The molecule has 0 saturated heterocycles. The molecule has 0 aliphatic heterocycles. The Kier molecular flexibility index (Phi) is 4.30. The van der Waals surface area contributed by atoms with E-state index in [1.54, 1.807) is 25.3 Å². The summed E-state index contributed by atoms with van der Waals surface area (Å²) in [6.45, 7) is 1.15. The molecular weight excluding hydrogens is 370 g/mol. The van der Waals surface area contributed by atoms with Gasteiger partial charge in [-0.3, -0.25) is 18.6 Å². The number of benzene rings is 1. The van der Waals surface area contributed by atoms with Gasteiger partial charge in [0.1, 0.15) is 24.0 Å². The summed E-state index contributed by atoms with van der Waals surface area (Å²) in [4.78, 5) is 29.4. The second kappa shape index (κ2) is 6.80. The second-order valence-corrected chi connectivity index (χ2v) is 6.16. The smallest absolute Gasteiger partial charge is 0.297 e. The molecule has 4 aromatic rings. The number of halogens is 2. The molecule has 1 N–H and O–H groups in total. The van der Waals surface area contributed by atoms with Crippen molar-refractivity contribution in [2.24, 2.45) is 0 Å². The molecule has 8 nitrogen and oxygen atoms in total. The highest BCUT2D eigenvalue weighted by atomic mass is 19.1. The number of nitrogens with one attached hydrogen (secondary N) is 1. The standard InChI is InChI=1S/C18H14F2N6O2/c1-10-23-24-17-18(28)25(14-3-2-6-21-16(14)26(10)17)9-15(27)22-8-11-7-12(19)4-5-13(11)20/h2-7H,8-9H2,1H3,(H,22,27). The fourth-order valence-corrected chi connectivity index (χ4v) is 2.99. The van der Waals surface area contributed by atoms with E-state index in [9.17, 15) is 18.4 Å². The van der Waals surface area contributed by atoms with Gasteiger partial charge in [-0.15, -0.1) is 10.2 Å². The van der Waals surface area contributed by atoms with Gasteiger partial charge in [0.25, 0.3) is 5.56 Å². The van der Waals surface area contributed by atoms with Gasteiger partial charge in [0.2, 0.25) is 11.6 Å². The lowest BCUT2D eigenvalue weighted by Crippen LogP contribution is -2.33. The minimum absolute atomic E-state index is 0.00996. The molecular formula is C18H14F2N6O2. The third-order valence-electron chi connectivity index (χ3n) is 4.32. The van der Waals surface area contributed by atoms with Gasteiger partial charge in [-0.1, -0.05) is 0 Å². The lowest BCUT2D eigenvalue weighted by Gasteiger charge is -2.12. The minimum Gasteiger partial charge on any atom is -0.350 e. The summed E-state index contributed by atoms with van der Waals surface area (Å²) in [5.41, 5.74) is 0.412. The third kappa shape index (κ3) is 2.98. The van der Waals surface area contributed by atoms with Crippen molar-refractivity contribution in [1.82, 2.24) is 29.5 Å². The highest BCUT2D eigenvalue weighted by Gasteiger charge is 2.17. The number of aromatic nitrogens is 5. The Morgan fingerprint density at radius 3 is 2.82 bits per heavy atom. The number of carbonyl (C=O) groups is 1. The van der Waals surface area contributed by atoms with Gasteiger partial charge in [0.05, 0.1) is 5.52 Å². The van der Waals surface area contributed by atoms with Crippen LogP contribution in [0, 0.1) is 18.6 Å². The Hall–Kier alpha value is -3.69. The second-order valence-electron chi connectivity index (χ2n) is 6.16. The van der Waals surface area contributed by atoms with Crippen LogP contribution in [0.5, 0.6) is 0 Å². The van der Waals surface area contributed by atoms with Crippen LogP contribution in [0.15, 0.2) is 41.3 Å². The average molecular weight is 384 g/mol. The molecule has 0 bridgehead atoms. The van der Waals surface area contributed by atoms with Gasteiger partial charge in [-0.05, 0) is 37.3 Å². The molecule has 28 heavy (non-hydrogen) atoms. The van der Waals surface area contributed by atoms with Gasteiger partial charge in [-0.2, -0.15) is 0 Å². The van der Waals surface area contributed by atoms with Crippen LogP contribution in [0.4, 0.5) is 8.78 Å². The number of nitrogens with zero attached hydrogens (tertiary/aromatic N) is 5. The number of aryl methyl sites for hydroxylation is 1. The first-order chi connectivity index (χ1) is 13.5. The van der Waals surface area contributed by atoms with E-state index in [2.05, 4.69) is 20.5 Å². The summed E-state index contributed by atoms with van der Waals surface area (Å²) in [5, 5.41) is 10.3.